The van der Waals surface area contributed by atoms with Gasteiger partial charge in [0.1, 0.15) is 5.76 Å². The van der Waals surface area contributed by atoms with Crippen LogP contribution in [0.25, 0.3) is 11.0 Å². The van der Waals surface area contributed by atoms with E-state index in [-0.39, 0.29) is 17.4 Å². The highest BCUT2D eigenvalue weighted by Gasteiger charge is 2.42. The largest absolute Gasteiger partial charge is 0.456 e. The van der Waals surface area contributed by atoms with Crippen LogP contribution in [0.3, 0.4) is 0 Å². The zero-order valence-electron chi connectivity index (χ0n) is 12.6. The van der Waals surface area contributed by atoms with Crippen LogP contribution in [-0.4, -0.2) is 12.7 Å². The highest BCUT2D eigenvalue weighted by atomic mass is 19.1. The van der Waals surface area contributed by atoms with Gasteiger partial charge in [0.15, 0.2) is 11.4 Å². The molecule has 1 saturated carbocycles. The van der Waals surface area contributed by atoms with Crippen molar-refractivity contribution in [2.45, 2.75) is 44.2 Å². The first kappa shape index (κ1) is 14.5. The standard InChI is InChI=1S/C17H22FNO2/c1-11-5-4-8-17(10-11,20-2)16(19)14-9-12-6-3-7-13(18)15(12)21-14/h3,6-7,9,11,16H,4-5,8,10,19H2,1-2H3. The molecule has 3 unspecified atom stereocenters. The summed E-state index contributed by atoms with van der Waals surface area (Å²) in [5.74, 6) is 0.825. The number of methoxy groups -OCH3 is 1. The Kier molecular flexibility index (Phi) is 3.76. The normalized spacial score (nSPS) is 27.9. The maximum absolute atomic E-state index is 13.8. The Bertz CT molecular complexity index is 639. The first-order valence-electron chi connectivity index (χ1n) is 7.54. The zero-order chi connectivity index (χ0) is 15.0. The molecule has 1 aliphatic rings. The second-order valence-electron chi connectivity index (χ2n) is 6.26. The Morgan fingerprint density at radius 1 is 1.48 bits per heavy atom. The van der Waals surface area contributed by atoms with Gasteiger partial charge < -0.3 is 14.9 Å². The van der Waals surface area contributed by atoms with Crippen LogP contribution in [0.4, 0.5) is 4.39 Å². The summed E-state index contributed by atoms with van der Waals surface area (Å²) in [5, 5.41) is 0.746. The molecule has 4 heteroatoms. The smallest absolute Gasteiger partial charge is 0.169 e. The molecule has 0 saturated heterocycles. The second kappa shape index (κ2) is 5.43. The van der Waals surface area contributed by atoms with Crippen LogP contribution in [0.15, 0.2) is 28.7 Å². The van der Waals surface area contributed by atoms with Gasteiger partial charge in [-0.05, 0) is 30.9 Å². The SMILES string of the molecule is COC1(C(N)c2cc3cccc(F)c3o2)CCCC(C)C1. The molecule has 21 heavy (non-hydrogen) atoms. The minimum Gasteiger partial charge on any atom is -0.456 e. The quantitative estimate of drug-likeness (QED) is 0.923. The monoisotopic (exact) mass is 291 g/mol. The maximum atomic E-state index is 13.8. The predicted octanol–water partition coefficient (Wildman–Crippen LogP) is 4.17. The van der Waals surface area contributed by atoms with Crippen LogP contribution in [-0.2, 0) is 4.74 Å². The molecule has 0 radical (unpaired) electrons. The first-order valence-corrected chi connectivity index (χ1v) is 7.54. The van der Waals surface area contributed by atoms with Crippen LogP contribution >= 0.6 is 0 Å². The van der Waals surface area contributed by atoms with Gasteiger partial charge in [-0.1, -0.05) is 31.9 Å². The van der Waals surface area contributed by atoms with E-state index in [0.717, 1.165) is 24.6 Å². The van der Waals surface area contributed by atoms with Gasteiger partial charge in [-0.3, -0.25) is 0 Å². The lowest BCUT2D eigenvalue weighted by Crippen LogP contribution is -2.46. The van der Waals surface area contributed by atoms with Crippen LogP contribution in [0.5, 0.6) is 0 Å². The number of ether oxygens (including phenoxy) is 1. The Hall–Kier alpha value is -1.39. The van der Waals surface area contributed by atoms with Crippen molar-refractivity contribution in [3.63, 3.8) is 0 Å². The third-order valence-electron chi connectivity index (χ3n) is 4.79. The Morgan fingerprint density at radius 3 is 2.95 bits per heavy atom. The van der Waals surface area contributed by atoms with Crippen LogP contribution in [0.1, 0.15) is 44.4 Å². The predicted molar refractivity (Wildman–Crippen MR) is 80.5 cm³/mol. The molecule has 1 fully saturated rings. The number of hydrogen-bond acceptors (Lipinski definition) is 3. The van der Waals surface area contributed by atoms with E-state index in [4.69, 9.17) is 14.9 Å². The Balaban J connectivity index is 1.98. The topological polar surface area (TPSA) is 48.4 Å². The van der Waals surface area contributed by atoms with Crippen molar-refractivity contribution in [2.75, 3.05) is 7.11 Å². The fraction of sp³-hybridized carbons (Fsp3) is 0.529. The number of hydrogen-bond donors (Lipinski definition) is 1. The average Bonchev–Trinajstić information content (AvgIpc) is 2.92. The lowest BCUT2D eigenvalue weighted by Gasteiger charge is -2.42. The van der Waals surface area contributed by atoms with Crippen LogP contribution in [0.2, 0.25) is 0 Å². The van der Waals surface area contributed by atoms with Crippen molar-refractivity contribution in [1.82, 2.24) is 0 Å². The van der Waals surface area contributed by atoms with Crippen LogP contribution in [0, 0.1) is 11.7 Å². The van der Waals surface area contributed by atoms with Crippen molar-refractivity contribution in [2.24, 2.45) is 11.7 Å². The lowest BCUT2D eigenvalue weighted by atomic mass is 9.74. The van der Waals surface area contributed by atoms with Gasteiger partial charge in [0.05, 0.1) is 11.6 Å². The maximum Gasteiger partial charge on any atom is 0.169 e. The molecule has 0 amide bonds. The number of furan rings is 1. The molecular weight excluding hydrogens is 269 g/mol. The van der Waals surface area contributed by atoms with E-state index < -0.39 is 5.60 Å². The minimum absolute atomic E-state index is 0.276. The van der Waals surface area contributed by atoms with Gasteiger partial charge >= 0.3 is 0 Å². The van der Waals surface area contributed by atoms with E-state index in [2.05, 4.69) is 6.92 Å². The number of rotatable bonds is 3. The molecule has 3 rings (SSSR count). The van der Waals surface area contributed by atoms with Gasteiger partial charge in [-0.2, -0.15) is 0 Å². The van der Waals surface area contributed by atoms with Gasteiger partial charge in [0.2, 0.25) is 0 Å². The van der Waals surface area contributed by atoms with Crippen molar-refractivity contribution < 1.29 is 13.5 Å². The van der Waals surface area contributed by atoms with Gasteiger partial charge in [0.25, 0.3) is 0 Å². The summed E-state index contributed by atoms with van der Waals surface area (Å²) in [7, 11) is 1.71. The molecule has 3 nitrogen and oxygen atoms in total. The summed E-state index contributed by atoms with van der Waals surface area (Å²) in [5.41, 5.74) is 6.31. The fourth-order valence-electron chi connectivity index (χ4n) is 3.60. The highest BCUT2D eigenvalue weighted by Crippen LogP contribution is 2.43. The molecule has 2 N–H and O–H groups in total. The Labute approximate surface area is 124 Å². The number of fused-ring (bicyclic) bond motifs is 1. The summed E-state index contributed by atoms with van der Waals surface area (Å²) in [6, 6.07) is 6.37. The highest BCUT2D eigenvalue weighted by molar-refractivity contribution is 5.78. The number of benzene rings is 1. The van der Waals surface area contributed by atoms with Gasteiger partial charge in [-0.25, -0.2) is 4.39 Å². The molecule has 3 atom stereocenters. The second-order valence-corrected chi connectivity index (χ2v) is 6.26. The van der Waals surface area contributed by atoms with E-state index in [1.807, 2.05) is 12.1 Å². The van der Waals surface area contributed by atoms with Gasteiger partial charge in [-0.15, -0.1) is 0 Å². The van der Waals surface area contributed by atoms with Crippen molar-refractivity contribution in [3.8, 4) is 0 Å². The van der Waals surface area contributed by atoms with E-state index in [0.29, 0.717) is 11.7 Å². The van der Waals surface area contributed by atoms with E-state index in [1.54, 1.807) is 13.2 Å². The molecule has 114 valence electrons. The minimum atomic E-state index is -0.415. The average molecular weight is 291 g/mol. The molecule has 1 aromatic heterocycles. The lowest BCUT2D eigenvalue weighted by molar-refractivity contribution is -0.0754. The van der Waals surface area contributed by atoms with E-state index in [9.17, 15) is 4.39 Å². The molecule has 2 aromatic rings. The number of nitrogens with two attached hydrogens (primary N) is 1. The van der Waals surface area contributed by atoms with Crippen LogP contribution < -0.4 is 5.73 Å². The molecule has 1 aliphatic carbocycles. The first-order chi connectivity index (χ1) is 10.1. The number of para-hydroxylation sites is 1. The molecular formula is C17H22FNO2. The molecule has 0 spiro atoms. The summed E-state index contributed by atoms with van der Waals surface area (Å²) in [6.45, 7) is 2.22. The zero-order valence-corrected chi connectivity index (χ0v) is 12.6. The summed E-state index contributed by atoms with van der Waals surface area (Å²) < 4.78 is 25.3. The van der Waals surface area contributed by atoms with E-state index in [1.165, 1.54) is 12.5 Å². The fourth-order valence-corrected chi connectivity index (χ4v) is 3.60. The van der Waals surface area contributed by atoms with E-state index >= 15 is 0 Å². The Morgan fingerprint density at radius 2 is 2.29 bits per heavy atom. The van der Waals surface area contributed by atoms with Gasteiger partial charge in [0, 0.05) is 12.5 Å². The summed E-state index contributed by atoms with van der Waals surface area (Å²) >= 11 is 0. The van der Waals surface area contributed by atoms with Crippen molar-refractivity contribution in [3.05, 3.63) is 35.8 Å². The summed E-state index contributed by atoms with van der Waals surface area (Å²) in [4.78, 5) is 0. The third-order valence-corrected chi connectivity index (χ3v) is 4.79. The van der Waals surface area contributed by atoms with Crippen molar-refractivity contribution >= 4 is 11.0 Å². The van der Waals surface area contributed by atoms with Crippen molar-refractivity contribution in [1.29, 1.82) is 0 Å². The molecule has 0 bridgehead atoms. The number of halogens is 1. The third kappa shape index (κ3) is 2.47. The molecule has 1 aromatic carbocycles. The molecule has 1 heterocycles. The molecule has 0 aliphatic heterocycles. The summed E-state index contributed by atoms with van der Waals surface area (Å²) in [6.07, 6.45) is 4.11.